The first kappa shape index (κ1) is 10.8. The molecule has 0 saturated carbocycles. The van der Waals surface area contributed by atoms with Crippen molar-refractivity contribution in [2.75, 3.05) is 44.0 Å². The molecule has 1 atom stereocenters. The lowest BCUT2D eigenvalue weighted by molar-refractivity contribution is 0.0844. The number of aromatic nitrogens is 1. The zero-order chi connectivity index (χ0) is 11.8. The summed E-state index contributed by atoms with van der Waals surface area (Å²) in [5.74, 6) is 0.601. The molecule has 2 aliphatic rings. The van der Waals surface area contributed by atoms with Gasteiger partial charge in [-0.05, 0) is 19.2 Å². The highest BCUT2D eigenvalue weighted by atomic mass is 16.5. The van der Waals surface area contributed by atoms with E-state index in [1.807, 2.05) is 6.07 Å². The summed E-state index contributed by atoms with van der Waals surface area (Å²) in [5, 5.41) is 0. The van der Waals surface area contributed by atoms with Crippen LogP contribution in [0.2, 0.25) is 0 Å². The topological polar surface area (TPSA) is 54.6 Å². The number of hydrogen-bond acceptors (Lipinski definition) is 5. The Morgan fingerprint density at radius 1 is 1.47 bits per heavy atom. The molecule has 0 bridgehead atoms. The van der Waals surface area contributed by atoms with Gasteiger partial charge in [0, 0.05) is 19.6 Å². The monoisotopic (exact) mass is 234 g/mol. The summed E-state index contributed by atoms with van der Waals surface area (Å²) < 4.78 is 5.57. The lowest BCUT2D eigenvalue weighted by Gasteiger charge is -2.37. The van der Waals surface area contributed by atoms with Crippen LogP contribution >= 0.6 is 0 Å². The van der Waals surface area contributed by atoms with Crippen LogP contribution in [0.3, 0.4) is 0 Å². The number of hydrogen-bond donors (Lipinski definition) is 1. The number of nitrogens with two attached hydrogens (primary N) is 1. The Morgan fingerprint density at radius 2 is 2.35 bits per heavy atom. The summed E-state index contributed by atoms with van der Waals surface area (Å²) in [7, 11) is 2.12. The smallest absolute Gasteiger partial charge is 0.123 e. The quantitative estimate of drug-likeness (QED) is 0.700. The number of rotatable bonds is 0. The van der Waals surface area contributed by atoms with Gasteiger partial charge in [-0.1, -0.05) is 0 Å². The van der Waals surface area contributed by atoms with Crippen molar-refractivity contribution in [2.24, 2.45) is 0 Å². The van der Waals surface area contributed by atoms with Crippen molar-refractivity contribution in [3.63, 3.8) is 0 Å². The Hall–Kier alpha value is -1.33. The van der Waals surface area contributed by atoms with Crippen LogP contribution < -0.4 is 10.6 Å². The van der Waals surface area contributed by atoms with Gasteiger partial charge < -0.3 is 15.4 Å². The molecule has 2 N–H and O–H groups in total. The second kappa shape index (κ2) is 4.16. The summed E-state index contributed by atoms with van der Waals surface area (Å²) in [6.45, 7) is 4.40. The molecule has 2 aliphatic heterocycles. The average Bonchev–Trinajstić information content (AvgIpc) is 2.43. The minimum atomic E-state index is 0.431. The largest absolute Gasteiger partial charge is 0.384 e. The number of nitrogen functional groups attached to an aromatic ring is 1. The van der Waals surface area contributed by atoms with E-state index in [9.17, 15) is 0 Å². The molecular weight excluding hydrogens is 216 g/mol. The molecule has 0 amide bonds. The van der Waals surface area contributed by atoms with Crippen molar-refractivity contribution in [3.8, 4) is 0 Å². The third-order valence-electron chi connectivity index (χ3n) is 3.45. The number of ether oxygens (including phenoxy) is 1. The highest BCUT2D eigenvalue weighted by molar-refractivity contribution is 5.56. The van der Waals surface area contributed by atoms with E-state index in [1.54, 1.807) is 0 Å². The third kappa shape index (κ3) is 1.96. The fourth-order valence-electron chi connectivity index (χ4n) is 2.69. The zero-order valence-electron chi connectivity index (χ0n) is 10.1. The number of nitrogens with zero attached hydrogens (tertiary/aromatic N) is 3. The van der Waals surface area contributed by atoms with Gasteiger partial charge in [-0.15, -0.1) is 0 Å². The molecule has 1 unspecified atom stereocenters. The summed E-state index contributed by atoms with van der Waals surface area (Å²) in [6.07, 6.45) is 0. The van der Waals surface area contributed by atoms with Crippen molar-refractivity contribution in [3.05, 3.63) is 17.8 Å². The van der Waals surface area contributed by atoms with Crippen LogP contribution in [0.4, 0.5) is 11.5 Å². The van der Waals surface area contributed by atoms with Crippen molar-refractivity contribution in [1.29, 1.82) is 0 Å². The van der Waals surface area contributed by atoms with Crippen LogP contribution in [0.15, 0.2) is 12.1 Å². The predicted molar refractivity (Wildman–Crippen MR) is 66.9 cm³/mol. The van der Waals surface area contributed by atoms with Gasteiger partial charge in [0.2, 0.25) is 0 Å². The minimum absolute atomic E-state index is 0.431. The van der Waals surface area contributed by atoms with E-state index in [-0.39, 0.29) is 0 Å². The molecule has 3 heterocycles. The molecule has 0 aromatic carbocycles. The normalized spacial score (nSPS) is 25.0. The Bertz CT molecular complexity index is 423. The van der Waals surface area contributed by atoms with Gasteiger partial charge in [-0.3, -0.25) is 4.90 Å². The molecule has 0 radical (unpaired) electrons. The first-order chi connectivity index (χ1) is 8.24. The van der Waals surface area contributed by atoms with Gasteiger partial charge in [0.15, 0.2) is 0 Å². The summed E-state index contributed by atoms with van der Waals surface area (Å²) in [5.41, 5.74) is 8.07. The second-order valence-electron chi connectivity index (χ2n) is 4.82. The van der Waals surface area contributed by atoms with Crippen molar-refractivity contribution < 1.29 is 4.74 Å². The molecule has 5 nitrogen and oxygen atoms in total. The number of anilines is 2. The van der Waals surface area contributed by atoms with Crippen LogP contribution in [0.5, 0.6) is 0 Å². The molecule has 5 heteroatoms. The first-order valence-electron chi connectivity index (χ1n) is 6.02. The van der Waals surface area contributed by atoms with Crippen LogP contribution in [0.1, 0.15) is 5.69 Å². The molecule has 1 aromatic rings. The lowest BCUT2D eigenvalue weighted by Crippen LogP contribution is -2.49. The zero-order valence-corrected chi connectivity index (χ0v) is 10.1. The number of likely N-dealkylation sites (N-methyl/N-ethyl adjacent to an activating group) is 1. The van der Waals surface area contributed by atoms with E-state index < -0.39 is 0 Å². The highest BCUT2D eigenvalue weighted by Crippen LogP contribution is 2.28. The fraction of sp³-hybridized carbons (Fsp3) is 0.583. The average molecular weight is 234 g/mol. The molecule has 1 fully saturated rings. The first-order valence-corrected chi connectivity index (χ1v) is 6.02. The standard InChI is InChI=1S/C12H18N4O/c1-15-6-9-8-17-5-4-16(9)11-2-3-12(13)14-10(11)7-15/h2-3,9H,4-8H2,1H3,(H2,13,14). The van der Waals surface area contributed by atoms with Gasteiger partial charge >= 0.3 is 0 Å². The van der Waals surface area contributed by atoms with Crippen LogP contribution in [-0.2, 0) is 11.3 Å². The Labute approximate surface area is 101 Å². The Balaban J connectivity index is 2.03. The van der Waals surface area contributed by atoms with Gasteiger partial charge in [0.1, 0.15) is 5.82 Å². The summed E-state index contributed by atoms with van der Waals surface area (Å²) >= 11 is 0. The molecule has 1 aromatic heterocycles. The van der Waals surface area contributed by atoms with E-state index >= 15 is 0 Å². The van der Waals surface area contributed by atoms with Crippen molar-refractivity contribution in [2.45, 2.75) is 12.6 Å². The van der Waals surface area contributed by atoms with Gasteiger partial charge in [0.25, 0.3) is 0 Å². The van der Waals surface area contributed by atoms with Gasteiger partial charge in [-0.25, -0.2) is 4.98 Å². The minimum Gasteiger partial charge on any atom is -0.384 e. The molecule has 1 saturated heterocycles. The Kier molecular flexibility index (Phi) is 2.64. The maximum atomic E-state index is 5.77. The van der Waals surface area contributed by atoms with Gasteiger partial charge in [0.05, 0.1) is 30.6 Å². The van der Waals surface area contributed by atoms with E-state index in [1.165, 1.54) is 5.69 Å². The lowest BCUT2D eigenvalue weighted by atomic mass is 10.2. The van der Waals surface area contributed by atoms with Crippen molar-refractivity contribution in [1.82, 2.24) is 9.88 Å². The van der Waals surface area contributed by atoms with Crippen LogP contribution in [0, 0.1) is 0 Å². The van der Waals surface area contributed by atoms with Crippen LogP contribution in [-0.4, -0.2) is 49.3 Å². The van der Waals surface area contributed by atoms with E-state index in [0.717, 1.165) is 38.5 Å². The van der Waals surface area contributed by atoms with E-state index in [4.69, 9.17) is 10.5 Å². The van der Waals surface area contributed by atoms with E-state index in [0.29, 0.717) is 11.9 Å². The van der Waals surface area contributed by atoms with E-state index in [2.05, 4.69) is 27.9 Å². The summed E-state index contributed by atoms with van der Waals surface area (Å²) in [4.78, 5) is 9.16. The molecule has 92 valence electrons. The molecular formula is C12H18N4O. The number of morpholine rings is 1. The van der Waals surface area contributed by atoms with Gasteiger partial charge in [-0.2, -0.15) is 0 Å². The van der Waals surface area contributed by atoms with Crippen LogP contribution in [0.25, 0.3) is 0 Å². The maximum Gasteiger partial charge on any atom is 0.123 e. The third-order valence-corrected chi connectivity index (χ3v) is 3.45. The number of fused-ring (bicyclic) bond motifs is 3. The number of pyridine rings is 1. The SMILES string of the molecule is CN1Cc2nc(N)ccc2N2CCOCC2C1. The second-order valence-corrected chi connectivity index (χ2v) is 4.82. The summed E-state index contributed by atoms with van der Waals surface area (Å²) in [6, 6.07) is 4.41. The molecule has 0 aliphatic carbocycles. The molecule has 3 rings (SSSR count). The highest BCUT2D eigenvalue weighted by Gasteiger charge is 2.29. The predicted octanol–water partition coefficient (Wildman–Crippen LogP) is 0.314. The van der Waals surface area contributed by atoms with Crippen molar-refractivity contribution >= 4 is 11.5 Å². The maximum absolute atomic E-state index is 5.77. The Morgan fingerprint density at radius 3 is 3.24 bits per heavy atom. The fourth-order valence-corrected chi connectivity index (χ4v) is 2.69. The molecule has 17 heavy (non-hydrogen) atoms. The molecule has 0 spiro atoms.